The summed E-state index contributed by atoms with van der Waals surface area (Å²) in [5.41, 5.74) is 2.26. The highest BCUT2D eigenvalue weighted by Crippen LogP contribution is 2.31. The van der Waals surface area contributed by atoms with Crippen molar-refractivity contribution in [3.63, 3.8) is 0 Å². The molecular weight excluding hydrogens is 432 g/mol. The van der Waals surface area contributed by atoms with Crippen LogP contribution in [0.25, 0.3) is 0 Å². The molecule has 0 radical (unpaired) electrons. The maximum absolute atomic E-state index is 12.6. The molecule has 3 heterocycles. The van der Waals surface area contributed by atoms with Gasteiger partial charge in [0.25, 0.3) is 5.91 Å². The number of aryl methyl sites for hydroxylation is 1. The van der Waals surface area contributed by atoms with E-state index < -0.39 is 9.84 Å². The van der Waals surface area contributed by atoms with Gasteiger partial charge in [-0.3, -0.25) is 9.59 Å². The molecular formula is C22H28N4O5S. The summed E-state index contributed by atoms with van der Waals surface area (Å²) in [5, 5.41) is 10.3. The van der Waals surface area contributed by atoms with Gasteiger partial charge in [0.2, 0.25) is 5.91 Å². The average Bonchev–Trinajstić information content (AvgIpc) is 3.29. The number of fused-ring (bicyclic) bond motifs is 1. The summed E-state index contributed by atoms with van der Waals surface area (Å²) in [7, 11) is -3.10. The van der Waals surface area contributed by atoms with Crippen LogP contribution in [0.1, 0.15) is 50.9 Å². The van der Waals surface area contributed by atoms with Gasteiger partial charge in [0.15, 0.2) is 16.4 Å². The van der Waals surface area contributed by atoms with E-state index in [1.807, 2.05) is 26.8 Å². The number of ether oxygens (including phenoxy) is 1. The number of carbonyl (C=O) groups is 2. The average molecular weight is 461 g/mol. The molecule has 2 amide bonds. The molecule has 4 rings (SSSR count). The van der Waals surface area contributed by atoms with E-state index >= 15 is 0 Å². The lowest BCUT2D eigenvalue weighted by Gasteiger charge is -2.18. The minimum Gasteiger partial charge on any atom is -0.484 e. The number of carbonyl (C=O) groups excluding carboxylic acids is 2. The monoisotopic (exact) mass is 460 g/mol. The van der Waals surface area contributed by atoms with E-state index in [1.54, 1.807) is 22.9 Å². The summed E-state index contributed by atoms with van der Waals surface area (Å²) < 4.78 is 31.2. The molecule has 1 atom stereocenters. The zero-order chi connectivity index (χ0) is 23.1. The lowest BCUT2D eigenvalue weighted by molar-refractivity contribution is -0.118. The summed E-state index contributed by atoms with van der Waals surface area (Å²) in [6.07, 6.45) is 1.52. The highest BCUT2D eigenvalue weighted by Gasteiger charge is 2.33. The maximum Gasteiger partial charge on any atom is 0.263 e. The van der Waals surface area contributed by atoms with Crippen LogP contribution >= 0.6 is 0 Å². The van der Waals surface area contributed by atoms with Crippen LogP contribution in [0.15, 0.2) is 24.3 Å². The Kier molecular flexibility index (Phi) is 5.74. The first-order valence-corrected chi connectivity index (χ1v) is 12.5. The highest BCUT2D eigenvalue weighted by molar-refractivity contribution is 7.91. The van der Waals surface area contributed by atoms with Crippen LogP contribution in [0.5, 0.6) is 5.75 Å². The van der Waals surface area contributed by atoms with Crippen molar-refractivity contribution in [2.75, 3.05) is 28.7 Å². The molecule has 32 heavy (non-hydrogen) atoms. The van der Waals surface area contributed by atoms with E-state index in [0.29, 0.717) is 30.8 Å². The smallest absolute Gasteiger partial charge is 0.263 e. The molecule has 2 N–H and O–H groups in total. The van der Waals surface area contributed by atoms with Crippen molar-refractivity contribution in [2.24, 2.45) is 0 Å². The lowest BCUT2D eigenvalue weighted by atomic mass is 9.92. The topological polar surface area (TPSA) is 119 Å². The van der Waals surface area contributed by atoms with E-state index in [2.05, 4.69) is 15.7 Å². The lowest BCUT2D eigenvalue weighted by Crippen LogP contribution is -2.24. The Bertz CT molecular complexity index is 1160. The Morgan fingerprint density at radius 1 is 1.28 bits per heavy atom. The highest BCUT2D eigenvalue weighted by atomic mass is 32.2. The second-order valence-electron chi connectivity index (χ2n) is 9.37. The van der Waals surface area contributed by atoms with Crippen LogP contribution in [0.3, 0.4) is 0 Å². The number of benzene rings is 1. The normalized spacial score (nSPS) is 19.8. The number of anilines is 2. The molecule has 2 aliphatic heterocycles. The van der Waals surface area contributed by atoms with Gasteiger partial charge in [0.1, 0.15) is 11.6 Å². The molecule has 2 aliphatic rings. The predicted octanol–water partition coefficient (Wildman–Crippen LogP) is 2.44. The van der Waals surface area contributed by atoms with E-state index in [4.69, 9.17) is 4.74 Å². The van der Waals surface area contributed by atoms with Crippen molar-refractivity contribution in [1.29, 1.82) is 0 Å². The molecule has 10 heteroatoms. The van der Waals surface area contributed by atoms with Crippen molar-refractivity contribution in [1.82, 2.24) is 9.78 Å². The number of rotatable bonds is 5. The molecule has 1 aromatic carbocycles. The van der Waals surface area contributed by atoms with Gasteiger partial charge < -0.3 is 15.4 Å². The second kappa shape index (κ2) is 8.23. The molecule has 1 saturated heterocycles. The zero-order valence-corrected chi connectivity index (χ0v) is 19.3. The fourth-order valence-electron chi connectivity index (χ4n) is 3.88. The molecule has 172 valence electrons. The number of aromatic nitrogens is 2. The molecule has 9 nitrogen and oxygen atoms in total. The van der Waals surface area contributed by atoms with Gasteiger partial charge in [-0.15, -0.1) is 0 Å². The third kappa shape index (κ3) is 4.95. The first-order chi connectivity index (χ1) is 15.0. The van der Waals surface area contributed by atoms with Gasteiger partial charge in [-0.05, 0) is 36.6 Å². The van der Waals surface area contributed by atoms with Gasteiger partial charge in [-0.1, -0.05) is 20.8 Å². The molecule has 1 aromatic heterocycles. The van der Waals surface area contributed by atoms with Crippen LogP contribution in [0.4, 0.5) is 11.5 Å². The Morgan fingerprint density at radius 2 is 2.06 bits per heavy atom. The van der Waals surface area contributed by atoms with E-state index in [9.17, 15) is 18.0 Å². The van der Waals surface area contributed by atoms with Crippen LogP contribution in [-0.2, 0) is 31.3 Å². The zero-order valence-electron chi connectivity index (χ0n) is 18.5. The van der Waals surface area contributed by atoms with Crippen LogP contribution in [0, 0.1) is 0 Å². The first-order valence-electron chi connectivity index (χ1n) is 10.7. The number of sulfone groups is 1. The maximum atomic E-state index is 12.6. The second-order valence-corrected chi connectivity index (χ2v) is 11.6. The number of amides is 2. The van der Waals surface area contributed by atoms with Crippen LogP contribution in [0.2, 0.25) is 0 Å². The Balaban J connectivity index is 1.46. The minimum absolute atomic E-state index is 0.00755. The third-order valence-electron chi connectivity index (χ3n) is 5.67. The van der Waals surface area contributed by atoms with Gasteiger partial charge in [-0.2, -0.15) is 5.10 Å². The standard InChI is InChI=1S/C22H28N4O5S/c1-22(2,3)18-11-19(26(25-18)15-8-9-32(29,30)13-15)24-21(28)12-31-16-5-6-17-14(10-16)4-7-20(27)23-17/h5-6,10-11,15H,4,7-9,12-13H2,1-3H3,(H,23,27)(H,24,28). The largest absolute Gasteiger partial charge is 0.484 e. The number of nitrogens with one attached hydrogen (secondary N) is 2. The summed E-state index contributed by atoms with van der Waals surface area (Å²) in [6, 6.07) is 6.80. The summed E-state index contributed by atoms with van der Waals surface area (Å²) in [5.74, 6) is 0.783. The van der Waals surface area contributed by atoms with E-state index in [-0.39, 0.29) is 41.4 Å². The Hall–Kier alpha value is -2.88. The van der Waals surface area contributed by atoms with Crippen LogP contribution < -0.4 is 15.4 Å². The molecule has 0 saturated carbocycles. The van der Waals surface area contributed by atoms with Crippen molar-refractivity contribution in [3.05, 3.63) is 35.5 Å². The summed E-state index contributed by atoms with van der Waals surface area (Å²) >= 11 is 0. The number of hydrogen-bond acceptors (Lipinski definition) is 6. The van der Waals surface area contributed by atoms with Crippen molar-refractivity contribution in [3.8, 4) is 5.75 Å². The third-order valence-corrected chi connectivity index (χ3v) is 7.42. The van der Waals surface area contributed by atoms with E-state index in [0.717, 1.165) is 16.9 Å². The minimum atomic E-state index is -3.10. The number of nitrogens with zero attached hydrogens (tertiary/aromatic N) is 2. The van der Waals surface area contributed by atoms with Gasteiger partial charge in [0, 0.05) is 23.6 Å². The molecule has 1 fully saturated rings. The SMILES string of the molecule is CC(C)(C)c1cc(NC(=O)COc2ccc3c(c2)CCC(=O)N3)n(C2CCS(=O)(=O)C2)n1. The first kappa shape index (κ1) is 22.3. The summed E-state index contributed by atoms with van der Waals surface area (Å²) in [4.78, 5) is 24.1. The quantitative estimate of drug-likeness (QED) is 0.707. The van der Waals surface area contributed by atoms with Crippen molar-refractivity contribution < 1.29 is 22.7 Å². The molecule has 0 spiro atoms. The van der Waals surface area contributed by atoms with Gasteiger partial charge >= 0.3 is 0 Å². The van der Waals surface area contributed by atoms with Crippen LogP contribution in [-0.4, -0.2) is 48.1 Å². The molecule has 0 aliphatic carbocycles. The van der Waals surface area contributed by atoms with Gasteiger partial charge in [0.05, 0.1) is 23.2 Å². The van der Waals surface area contributed by atoms with Crippen molar-refractivity contribution in [2.45, 2.75) is 51.5 Å². The Morgan fingerprint density at radius 3 is 2.75 bits per heavy atom. The molecule has 0 bridgehead atoms. The predicted molar refractivity (Wildman–Crippen MR) is 121 cm³/mol. The fourth-order valence-corrected chi connectivity index (χ4v) is 5.57. The summed E-state index contributed by atoms with van der Waals surface area (Å²) in [6.45, 7) is 5.83. The van der Waals surface area contributed by atoms with Crippen molar-refractivity contribution >= 4 is 33.2 Å². The molecule has 2 aromatic rings. The fraction of sp³-hybridized carbons (Fsp3) is 0.500. The number of hydrogen-bond donors (Lipinski definition) is 2. The Labute approximate surface area is 187 Å². The van der Waals surface area contributed by atoms with E-state index in [1.165, 1.54) is 0 Å². The van der Waals surface area contributed by atoms with Gasteiger partial charge in [-0.25, -0.2) is 13.1 Å². The molecule has 1 unspecified atom stereocenters.